The normalized spacial score (nSPS) is 12.6. The lowest BCUT2D eigenvalue weighted by Gasteiger charge is -2.21. The van der Waals surface area contributed by atoms with Gasteiger partial charge in [0.1, 0.15) is 11.2 Å². The second-order valence-corrected chi connectivity index (χ2v) is 8.65. The molecule has 8 heteroatoms. The van der Waals surface area contributed by atoms with Crippen LogP contribution in [0.25, 0.3) is 0 Å². The molecule has 1 rings (SSSR count). The van der Waals surface area contributed by atoms with E-state index >= 15 is 0 Å². The lowest BCUT2D eigenvalue weighted by Crippen LogP contribution is -2.25. The molecule has 0 fully saturated rings. The first kappa shape index (κ1) is 20.1. The molecule has 0 unspecified atom stereocenters. The van der Waals surface area contributed by atoms with Crippen molar-refractivity contribution in [2.45, 2.75) is 57.6 Å². The average Bonchev–Trinajstić information content (AvgIpc) is 2.33. The van der Waals surface area contributed by atoms with Gasteiger partial charge in [-0.3, -0.25) is 4.55 Å². The minimum absolute atomic E-state index is 0.180. The number of rotatable bonds is 3. The van der Waals surface area contributed by atoms with Crippen LogP contribution in [0.4, 0.5) is 0 Å². The first-order valence-corrected chi connectivity index (χ1v) is 8.62. The van der Waals surface area contributed by atoms with Gasteiger partial charge in [0.15, 0.2) is 0 Å². The number of esters is 2. The van der Waals surface area contributed by atoms with Crippen molar-refractivity contribution >= 4 is 22.1 Å². The van der Waals surface area contributed by atoms with Gasteiger partial charge in [-0.1, -0.05) is 0 Å². The van der Waals surface area contributed by atoms with Crippen LogP contribution in [-0.2, 0) is 19.6 Å². The minimum atomic E-state index is -4.62. The molecule has 0 radical (unpaired) electrons. The third kappa shape index (κ3) is 6.29. The quantitative estimate of drug-likeness (QED) is 0.654. The summed E-state index contributed by atoms with van der Waals surface area (Å²) in [7, 11) is -4.62. The largest absolute Gasteiger partial charge is 0.456 e. The van der Waals surface area contributed by atoms with Crippen molar-refractivity contribution in [3.8, 4) is 0 Å². The van der Waals surface area contributed by atoms with Gasteiger partial charge >= 0.3 is 11.9 Å². The molecule has 0 aliphatic carbocycles. The average molecular weight is 358 g/mol. The number of hydrogen-bond acceptors (Lipinski definition) is 6. The summed E-state index contributed by atoms with van der Waals surface area (Å²) in [6.45, 7) is 9.87. The summed E-state index contributed by atoms with van der Waals surface area (Å²) in [6, 6.07) is 3.05. The summed E-state index contributed by atoms with van der Waals surface area (Å²) in [4.78, 5) is 23.7. The van der Waals surface area contributed by atoms with Gasteiger partial charge < -0.3 is 9.47 Å². The third-order valence-corrected chi connectivity index (χ3v) is 3.30. The Kier molecular flexibility index (Phi) is 5.47. The van der Waals surface area contributed by atoms with E-state index in [1.165, 1.54) is 0 Å². The molecule has 0 amide bonds. The molecule has 0 atom stereocenters. The highest BCUT2D eigenvalue weighted by atomic mass is 32.2. The van der Waals surface area contributed by atoms with Crippen molar-refractivity contribution in [2.75, 3.05) is 0 Å². The van der Waals surface area contributed by atoms with Crippen molar-refractivity contribution in [1.82, 2.24) is 0 Å². The van der Waals surface area contributed by atoms with Gasteiger partial charge in [0.25, 0.3) is 10.1 Å². The molecule has 0 spiro atoms. The SMILES string of the molecule is CC(C)(C)OC(=O)c1cc(C(=O)OC(C)(C)C)cc(S(=O)(=O)O)c1. The maximum absolute atomic E-state index is 12.1. The molecule has 0 saturated carbocycles. The zero-order valence-corrected chi connectivity index (χ0v) is 15.4. The van der Waals surface area contributed by atoms with Crippen LogP contribution in [0.3, 0.4) is 0 Å². The van der Waals surface area contributed by atoms with E-state index in [1.54, 1.807) is 41.5 Å². The second-order valence-electron chi connectivity index (χ2n) is 7.22. The molecule has 0 aromatic heterocycles. The fraction of sp³-hybridized carbons (Fsp3) is 0.500. The minimum Gasteiger partial charge on any atom is -0.456 e. The molecular formula is C16H22O7S. The van der Waals surface area contributed by atoms with E-state index in [1.807, 2.05) is 0 Å². The van der Waals surface area contributed by atoms with E-state index < -0.39 is 38.2 Å². The fourth-order valence-corrected chi connectivity index (χ4v) is 2.21. The summed E-state index contributed by atoms with van der Waals surface area (Å²) in [5, 5.41) is 0. The van der Waals surface area contributed by atoms with Crippen molar-refractivity contribution < 1.29 is 32.0 Å². The summed E-state index contributed by atoms with van der Waals surface area (Å²) in [6.07, 6.45) is 0. The molecule has 1 aromatic rings. The third-order valence-electron chi connectivity index (χ3n) is 2.47. The summed E-state index contributed by atoms with van der Waals surface area (Å²) in [5.41, 5.74) is -1.98. The van der Waals surface area contributed by atoms with Crippen molar-refractivity contribution in [3.05, 3.63) is 29.3 Å². The number of carbonyl (C=O) groups is 2. The van der Waals surface area contributed by atoms with Gasteiger partial charge in [-0.05, 0) is 59.7 Å². The van der Waals surface area contributed by atoms with Gasteiger partial charge in [-0.2, -0.15) is 8.42 Å². The molecule has 134 valence electrons. The van der Waals surface area contributed by atoms with Crippen molar-refractivity contribution in [1.29, 1.82) is 0 Å². The Balaban J connectivity index is 3.38. The van der Waals surface area contributed by atoms with Gasteiger partial charge in [-0.15, -0.1) is 0 Å². The maximum atomic E-state index is 12.1. The van der Waals surface area contributed by atoms with E-state index in [0.717, 1.165) is 18.2 Å². The predicted octanol–water partition coefficient (Wildman–Crippen LogP) is 2.84. The highest BCUT2D eigenvalue weighted by Crippen LogP contribution is 2.21. The standard InChI is InChI=1S/C16H22O7S/c1-15(2,3)22-13(17)10-7-11(14(18)23-16(4,5)6)9-12(8-10)24(19,20)21/h7-9H,1-6H3,(H,19,20,21). The molecule has 0 saturated heterocycles. The topological polar surface area (TPSA) is 107 Å². The number of hydrogen-bond donors (Lipinski definition) is 1. The summed E-state index contributed by atoms with van der Waals surface area (Å²) >= 11 is 0. The number of carbonyl (C=O) groups excluding carboxylic acids is 2. The monoisotopic (exact) mass is 358 g/mol. The smallest absolute Gasteiger partial charge is 0.338 e. The molecule has 0 aliphatic rings. The highest BCUT2D eigenvalue weighted by molar-refractivity contribution is 7.85. The van der Waals surface area contributed by atoms with Crippen LogP contribution in [0, 0.1) is 0 Å². The van der Waals surface area contributed by atoms with Gasteiger partial charge in [-0.25, -0.2) is 9.59 Å². The van der Waals surface area contributed by atoms with Crippen LogP contribution in [0.15, 0.2) is 23.1 Å². The zero-order chi connectivity index (χ0) is 18.9. The molecule has 0 bridgehead atoms. The zero-order valence-electron chi connectivity index (χ0n) is 14.5. The van der Waals surface area contributed by atoms with Gasteiger partial charge in [0.2, 0.25) is 0 Å². The van der Waals surface area contributed by atoms with Crippen LogP contribution in [0.5, 0.6) is 0 Å². The first-order valence-electron chi connectivity index (χ1n) is 7.18. The Morgan fingerprint density at radius 3 is 1.42 bits per heavy atom. The highest BCUT2D eigenvalue weighted by Gasteiger charge is 2.25. The second kappa shape index (κ2) is 6.52. The van der Waals surface area contributed by atoms with Crippen LogP contribution < -0.4 is 0 Å². The Morgan fingerprint density at radius 1 is 0.833 bits per heavy atom. The van der Waals surface area contributed by atoms with Crippen molar-refractivity contribution in [2.24, 2.45) is 0 Å². The van der Waals surface area contributed by atoms with E-state index in [2.05, 4.69) is 0 Å². The van der Waals surface area contributed by atoms with Crippen LogP contribution in [-0.4, -0.2) is 36.1 Å². The molecule has 0 aliphatic heterocycles. The van der Waals surface area contributed by atoms with Crippen molar-refractivity contribution in [3.63, 3.8) is 0 Å². The summed E-state index contributed by atoms with van der Waals surface area (Å²) < 4.78 is 42.4. The molecule has 24 heavy (non-hydrogen) atoms. The molecule has 1 aromatic carbocycles. The van der Waals surface area contributed by atoms with Gasteiger partial charge in [0, 0.05) is 0 Å². The molecular weight excluding hydrogens is 336 g/mol. The fourth-order valence-electron chi connectivity index (χ4n) is 1.66. The lowest BCUT2D eigenvalue weighted by molar-refractivity contribution is 0.00676. The van der Waals surface area contributed by atoms with Crippen LogP contribution >= 0.6 is 0 Å². The number of ether oxygens (including phenoxy) is 2. The first-order chi connectivity index (χ1) is 10.6. The molecule has 0 heterocycles. The Bertz CT molecular complexity index is 703. The predicted molar refractivity (Wildman–Crippen MR) is 86.6 cm³/mol. The van der Waals surface area contributed by atoms with E-state index in [9.17, 15) is 22.6 Å². The Hall–Kier alpha value is -1.93. The molecule has 1 N–H and O–H groups in total. The van der Waals surface area contributed by atoms with Crippen LogP contribution in [0.2, 0.25) is 0 Å². The van der Waals surface area contributed by atoms with Gasteiger partial charge in [0.05, 0.1) is 16.0 Å². The van der Waals surface area contributed by atoms with Crippen LogP contribution in [0.1, 0.15) is 62.3 Å². The van der Waals surface area contributed by atoms with E-state index in [4.69, 9.17) is 9.47 Å². The van der Waals surface area contributed by atoms with E-state index in [0.29, 0.717) is 0 Å². The Morgan fingerprint density at radius 2 is 1.17 bits per heavy atom. The maximum Gasteiger partial charge on any atom is 0.338 e. The summed E-state index contributed by atoms with van der Waals surface area (Å²) in [5.74, 6) is -1.64. The van der Waals surface area contributed by atoms with E-state index in [-0.39, 0.29) is 11.1 Å². The lowest BCUT2D eigenvalue weighted by atomic mass is 10.1. The molecule has 7 nitrogen and oxygen atoms in total. The Labute approximate surface area is 141 Å². The number of benzene rings is 1.